The van der Waals surface area contributed by atoms with E-state index in [1.165, 1.54) is 57.0 Å². The predicted molar refractivity (Wildman–Crippen MR) is 154 cm³/mol. The zero-order valence-corrected chi connectivity index (χ0v) is 23.8. The van der Waals surface area contributed by atoms with Crippen molar-refractivity contribution in [2.24, 2.45) is 0 Å². The lowest BCUT2D eigenvalue weighted by Crippen LogP contribution is -2.58. The lowest BCUT2D eigenvalue weighted by Gasteiger charge is -2.39. The summed E-state index contributed by atoms with van der Waals surface area (Å²) in [5, 5.41) is 12.5. The van der Waals surface area contributed by atoms with Crippen LogP contribution in [0, 0.1) is 0 Å². The number of carboxylic acids is 1. The Morgan fingerprint density at radius 1 is 0.892 bits per heavy atom. The van der Waals surface area contributed by atoms with E-state index in [0.29, 0.717) is 6.54 Å². The molecule has 0 spiro atoms. The minimum atomic E-state index is -2.00. The third-order valence-corrected chi connectivity index (χ3v) is 12.6. The molecule has 0 aliphatic carbocycles. The molecule has 4 aliphatic rings. The van der Waals surface area contributed by atoms with E-state index in [9.17, 15) is 9.90 Å². The van der Waals surface area contributed by atoms with Crippen LogP contribution in [0.2, 0.25) is 13.1 Å². The molecule has 0 aromatic heterocycles. The van der Waals surface area contributed by atoms with Crippen LogP contribution in [0.1, 0.15) is 44.2 Å². The summed E-state index contributed by atoms with van der Waals surface area (Å²) in [7, 11) is 0.123. The number of benzene rings is 2. The van der Waals surface area contributed by atoms with Gasteiger partial charge in [0.2, 0.25) is 0 Å². The monoisotopic (exact) mass is 514 g/mol. The SMILES string of the molecule is CC1=[N+](C)C(=C2c3ccc(N4CCC4)cc3[Si](C)(C)c3cc(N4CCC4)ccc32)[N+](CCC(=O)O)=C1C. The number of hydrogen-bond acceptors (Lipinski definition) is 3. The minimum absolute atomic E-state index is 0.108. The van der Waals surface area contributed by atoms with Gasteiger partial charge in [-0.15, -0.1) is 9.15 Å². The average molecular weight is 515 g/mol. The molecular formula is C30H38N4O2Si+2. The van der Waals surface area contributed by atoms with Crippen molar-refractivity contribution in [1.29, 1.82) is 0 Å². The van der Waals surface area contributed by atoms with Gasteiger partial charge in [0.1, 0.15) is 27.1 Å². The molecule has 2 saturated heterocycles. The van der Waals surface area contributed by atoms with Crippen molar-refractivity contribution in [3.63, 3.8) is 0 Å². The second-order valence-corrected chi connectivity index (χ2v) is 15.8. The molecule has 6 rings (SSSR count). The zero-order chi connectivity index (χ0) is 26.1. The van der Waals surface area contributed by atoms with Crippen molar-refractivity contribution in [3.8, 4) is 0 Å². The molecule has 192 valence electrons. The van der Waals surface area contributed by atoms with Crippen LogP contribution in [-0.4, -0.2) is 79.5 Å². The molecule has 6 nitrogen and oxygen atoms in total. The lowest BCUT2D eigenvalue weighted by molar-refractivity contribution is -0.628. The first-order valence-electron chi connectivity index (χ1n) is 13.6. The third kappa shape index (κ3) is 3.69. The fraction of sp³-hybridized carbons (Fsp3) is 0.433. The first-order chi connectivity index (χ1) is 17.7. The van der Waals surface area contributed by atoms with Crippen LogP contribution in [0.3, 0.4) is 0 Å². The first-order valence-corrected chi connectivity index (χ1v) is 16.6. The van der Waals surface area contributed by atoms with Crippen LogP contribution >= 0.6 is 0 Å². The molecule has 4 aliphatic heterocycles. The van der Waals surface area contributed by atoms with Crippen LogP contribution in [0.25, 0.3) is 5.57 Å². The van der Waals surface area contributed by atoms with Crippen LogP contribution in [0.4, 0.5) is 11.4 Å². The smallest absolute Gasteiger partial charge is 0.452 e. The molecule has 1 N–H and O–H groups in total. The predicted octanol–water partition coefficient (Wildman–Crippen LogP) is 3.02. The number of carboxylic acid groups (broad SMARTS) is 1. The fourth-order valence-electron chi connectivity index (χ4n) is 6.33. The van der Waals surface area contributed by atoms with Gasteiger partial charge < -0.3 is 14.9 Å². The molecule has 0 radical (unpaired) electrons. The third-order valence-electron chi connectivity index (χ3n) is 9.11. The molecular weight excluding hydrogens is 476 g/mol. The molecule has 4 heterocycles. The molecule has 2 aromatic carbocycles. The summed E-state index contributed by atoms with van der Waals surface area (Å²) in [5.41, 5.74) is 8.85. The molecule has 0 saturated carbocycles. The highest BCUT2D eigenvalue weighted by molar-refractivity contribution is 7.02. The second-order valence-electron chi connectivity index (χ2n) is 11.5. The van der Waals surface area contributed by atoms with Crippen LogP contribution in [0.5, 0.6) is 0 Å². The van der Waals surface area contributed by atoms with E-state index < -0.39 is 14.0 Å². The maximum absolute atomic E-state index is 11.6. The van der Waals surface area contributed by atoms with Crippen molar-refractivity contribution in [3.05, 3.63) is 53.3 Å². The Labute approximate surface area is 220 Å². The van der Waals surface area contributed by atoms with Crippen molar-refractivity contribution in [1.82, 2.24) is 0 Å². The quantitative estimate of drug-likeness (QED) is 0.492. The Kier molecular flexibility index (Phi) is 5.67. The van der Waals surface area contributed by atoms with E-state index in [4.69, 9.17) is 0 Å². The number of anilines is 2. The van der Waals surface area contributed by atoms with Crippen LogP contribution in [-0.2, 0) is 4.79 Å². The number of aliphatic carboxylic acids is 1. The maximum atomic E-state index is 11.6. The minimum Gasteiger partial charge on any atom is -0.481 e. The number of fused-ring (bicyclic) bond motifs is 2. The Morgan fingerprint density at radius 3 is 1.84 bits per heavy atom. The highest BCUT2D eigenvalue weighted by atomic mass is 28.3. The maximum Gasteiger partial charge on any atom is 0.452 e. The van der Waals surface area contributed by atoms with E-state index in [1.54, 1.807) is 0 Å². The van der Waals surface area contributed by atoms with Gasteiger partial charge in [0, 0.05) is 51.4 Å². The highest BCUT2D eigenvalue weighted by Gasteiger charge is 2.47. The molecule has 0 unspecified atom stereocenters. The summed E-state index contributed by atoms with van der Waals surface area (Å²) in [6.45, 7) is 14.3. The zero-order valence-electron chi connectivity index (χ0n) is 22.8. The fourth-order valence-corrected chi connectivity index (χ4v) is 9.40. The van der Waals surface area contributed by atoms with Gasteiger partial charge in [0.05, 0.1) is 0 Å². The molecule has 0 atom stereocenters. The Bertz CT molecular complexity index is 1360. The highest BCUT2D eigenvalue weighted by Crippen LogP contribution is 2.37. The second kappa shape index (κ2) is 8.69. The number of hydrogen-bond donors (Lipinski definition) is 1. The van der Waals surface area contributed by atoms with Gasteiger partial charge in [0.15, 0.2) is 6.54 Å². The van der Waals surface area contributed by atoms with Crippen molar-refractivity contribution in [2.45, 2.75) is 46.2 Å². The molecule has 2 fully saturated rings. The van der Waals surface area contributed by atoms with Gasteiger partial charge in [-0.05, 0) is 58.6 Å². The van der Waals surface area contributed by atoms with Gasteiger partial charge >= 0.3 is 11.8 Å². The van der Waals surface area contributed by atoms with E-state index in [0.717, 1.165) is 37.7 Å². The van der Waals surface area contributed by atoms with Gasteiger partial charge in [-0.2, -0.15) is 0 Å². The lowest BCUT2D eigenvalue weighted by atomic mass is 9.95. The normalized spacial score (nSPS) is 20.1. The van der Waals surface area contributed by atoms with Gasteiger partial charge in [-0.25, -0.2) is 0 Å². The van der Waals surface area contributed by atoms with E-state index >= 15 is 0 Å². The van der Waals surface area contributed by atoms with Gasteiger partial charge in [-0.3, -0.25) is 4.79 Å². The number of carbonyl (C=O) groups is 1. The van der Waals surface area contributed by atoms with Gasteiger partial charge in [-0.1, -0.05) is 25.2 Å². The first kappa shape index (κ1) is 24.2. The van der Waals surface area contributed by atoms with E-state index in [1.807, 2.05) is 0 Å². The number of rotatable bonds is 5. The van der Waals surface area contributed by atoms with Crippen molar-refractivity contribution in [2.75, 3.05) is 49.6 Å². The summed E-state index contributed by atoms with van der Waals surface area (Å²) in [6.07, 6.45) is 2.64. The summed E-state index contributed by atoms with van der Waals surface area (Å²) < 4.78 is 4.51. The van der Waals surface area contributed by atoms with Crippen LogP contribution in [0.15, 0.2) is 42.2 Å². The van der Waals surface area contributed by atoms with Crippen molar-refractivity contribution >= 4 is 52.8 Å². The Balaban J connectivity index is 1.63. The van der Waals surface area contributed by atoms with Crippen LogP contribution < -0.4 is 20.2 Å². The molecule has 0 amide bonds. The van der Waals surface area contributed by atoms with E-state index in [-0.39, 0.29) is 6.42 Å². The summed E-state index contributed by atoms with van der Waals surface area (Å²) in [4.78, 5) is 16.6. The summed E-state index contributed by atoms with van der Waals surface area (Å²) in [5.74, 6) is 0.345. The Hall–Kier alpha value is -3.19. The van der Waals surface area contributed by atoms with Crippen molar-refractivity contribution < 1.29 is 19.1 Å². The number of nitrogens with zero attached hydrogens (tertiary/aromatic N) is 4. The molecule has 37 heavy (non-hydrogen) atoms. The summed E-state index contributed by atoms with van der Waals surface area (Å²) >= 11 is 0. The Morgan fingerprint density at radius 2 is 1.41 bits per heavy atom. The van der Waals surface area contributed by atoms with Gasteiger partial charge in [0.25, 0.3) is 11.4 Å². The van der Waals surface area contributed by atoms with E-state index in [2.05, 4.69) is 89.3 Å². The summed E-state index contributed by atoms with van der Waals surface area (Å²) in [6, 6.07) is 14.2. The molecule has 0 bridgehead atoms. The largest absolute Gasteiger partial charge is 0.481 e. The molecule has 7 heteroatoms. The topological polar surface area (TPSA) is 49.8 Å². The standard InChI is InChI=1S/C30H37N4O2Si/c1-20-21(2)34(17-12-28(35)36)30(31(20)3)29-24-10-8-22(32-13-6-14-32)18-26(24)37(4,5)27-19-23(9-11-25(27)29)33-15-7-16-33/h8-11,18-19H,6-7,12-17H2,1-5H3/q+1/p+1. The molecule has 2 aromatic rings. The average Bonchev–Trinajstić information content (AvgIpc) is 3.00.